The third-order valence-corrected chi connectivity index (χ3v) is 6.67. The summed E-state index contributed by atoms with van der Waals surface area (Å²) >= 11 is 5.93. The first-order valence-electron chi connectivity index (χ1n) is 8.03. The fourth-order valence-electron chi connectivity index (χ4n) is 3.05. The Balaban J connectivity index is 1.69. The summed E-state index contributed by atoms with van der Waals surface area (Å²) in [5.41, 5.74) is 1.25. The summed E-state index contributed by atoms with van der Waals surface area (Å²) < 4.78 is 27.0. The van der Waals surface area contributed by atoms with Crippen LogP contribution in [-0.4, -0.2) is 43.8 Å². The van der Waals surface area contributed by atoms with Gasteiger partial charge >= 0.3 is 0 Å². The molecule has 1 fully saturated rings. The lowest BCUT2D eigenvalue weighted by Gasteiger charge is -2.37. The minimum Gasteiger partial charge on any atom is -0.294 e. The third kappa shape index (κ3) is 3.64. The minimum atomic E-state index is -3.48. The lowest BCUT2D eigenvalue weighted by Crippen LogP contribution is -2.49. The molecule has 3 rings (SSSR count). The van der Waals surface area contributed by atoms with Crippen LogP contribution < -0.4 is 0 Å². The molecule has 0 unspecified atom stereocenters. The number of hydrogen-bond acceptors (Lipinski definition) is 3. The molecule has 0 spiro atoms. The number of sulfonamides is 1. The van der Waals surface area contributed by atoms with Crippen LogP contribution in [0.5, 0.6) is 0 Å². The molecule has 0 radical (unpaired) electrons. The number of hydrogen-bond donors (Lipinski definition) is 0. The molecule has 1 saturated heterocycles. The van der Waals surface area contributed by atoms with Crippen LogP contribution >= 0.6 is 11.6 Å². The van der Waals surface area contributed by atoms with Gasteiger partial charge in [0.25, 0.3) is 0 Å². The molecule has 1 aliphatic heterocycles. The highest BCUT2D eigenvalue weighted by Crippen LogP contribution is 2.25. The lowest BCUT2D eigenvalue weighted by molar-refractivity contribution is 0.146. The molecular weight excluding hydrogens is 344 g/mol. The molecule has 1 heterocycles. The van der Waals surface area contributed by atoms with Crippen molar-refractivity contribution in [1.29, 1.82) is 0 Å². The number of halogens is 1. The van der Waals surface area contributed by atoms with Gasteiger partial charge in [-0.15, -0.1) is 0 Å². The predicted molar refractivity (Wildman–Crippen MR) is 96.6 cm³/mol. The first kappa shape index (κ1) is 17.4. The first-order chi connectivity index (χ1) is 11.5. The van der Waals surface area contributed by atoms with Gasteiger partial charge < -0.3 is 0 Å². The van der Waals surface area contributed by atoms with Crippen molar-refractivity contribution in [3.05, 3.63) is 65.2 Å². The SMILES string of the molecule is C[C@@H](c1ccccc1)N1CCN(S(=O)(=O)c2cccc(Cl)c2)CC1. The van der Waals surface area contributed by atoms with Crippen molar-refractivity contribution in [3.63, 3.8) is 0 Å². The molecule has 24 heavy (non-hydrogen) atoms. The van der Waals surface area contributed by atoms with Crippen LogP contribution in [0.25, 0.3) is 0 Å². The molecule has 2 aromatic carbocycles. The van der Waals surface area contributed by atoms with Crippen LogP contribution in [0.1, 0.15) is 18.5 Å². The van der Waals surface area contributed by atoms with E-state index in [1.807, 2.05) is 18.2 Å². The molecule has 2 aromatic rings. The Bertz CT molecular complexity index is 788. The second kappa shape index (κ2) is 7.23. The zero-order valence-electron chi connectivity index (χ0n) is 13.6. The number of nitrogens with zero attached hydrogens (tertiary/aromatic N) is 2. The van der Waals surface area contributed by atoms with Crippen molar-refractivity contribution < 1.29 is 8.42 Å². The van der Waals surface area contributed by atoms with Crippen molar-refractivity contribution in [1.82, 2.24) is 9.21 Å². The van der Waals surface area contributed by atoms with Crippen LogP contribution in [0.3, 0.4) is 0 Å². The molecule has 0 amide bonds. The van der Waals surface area contributed by atoms with E-state index in [0.29, 0.717) is 18.1 Å². The molecule has 4 nitrogen and oxygen atoms in total. The monoisotopic (exact) mass is 364 g/mol. The zero-order chi connectivity index (χ0) is 17.2. The topological polar surface area (TPSA) is 40.6 Å². The molecule has 0 aromatic heterocycles. The van der Waals surface area contributed by atoms with Crippen LogP contribution in [0, 0.1) is 0 Å². The number of rotatable bonds is 4. The molecule has 0 saturated carbocycles. The standard InChI is InChI=1S/C18H21ClN2O2S/c1-15(16-6-3-2-4-7-16)20-10-12-21(13-11-20)24(22,23)18-9-5-8-17(19)14-18/h2-9,14-15H,10-13H2,1H3/t15-/m0/s1. The van der Waals surface area contributed by atoms with Crippen LogP contribution in [0.4, 0.5) is 0 Å². The minimum absolute atomic E-state index is 0.263. The van der Waals surface area contributed by atoms with Gasteiger partial charge in [-0.1, -0.05) is 48.0 Å². The Morgan fingerprint density at radius 1 is 0.958 bits per heavy atom. The maximum atomic E-state index is 12.7. The predicted octanol–water partition coefficient (Wildman–Crippen LogP) is 3.41. The Hall–Kier alpha value is -1.40. The van der Waals surface area contributed by atoms with Crippen molar-refractivity contribution in [3.8, 4) is 0 Å². The molecule has 128 valence electrons. The Morgan fingerprint density at radius 2 is 1.62 bits per heavy atom. The van der Waals surface area contributed by atoms with E-state index in [2.05, 4.69) is 24.0 Å². The van der Waals surface area contributed by atoms with Crippen LogP contribution in [0.15, 0.2) is 59.5 Å². The first-order valence-corrected chi connectivity index (χ1v) is 9.85. The van der Waals surface area contributed by atoms with Crippen LogP contribution in [-0.2, 0) is 10.0 Å². The molecule has 0 aliphatic carbocycles. The van der Waals surface area contributed by atoms with Gasteiger partial charge in [0.15, 0.2) is 0 Å². The van der Waals surface area contributed by atoms with Gasteiger partial charge in [0.2, 0.25) is 10.0 Å². The van der Waals surface area contributed by atoms with Gasteiger partial charge in [-0.05, 0) is 30.7 Å². The average molecular weight is 365 g/mol. The van der Waals surface area contributed by atoms with Crippen molar-refractivity contribution in [2.75, 3.05) is 26.2 Å². The highest BCUT2D eigenvalue weighted by molar-refractivity contribution is 7.89. The van der Waals surface area contributed by atoms with Gasteiger partial charge in [-0.3, -0.25) is 4.90 Å². The quantitative estimate of drug-likeness (QED) is 0.834. The van der Waals surface area contributed by atoms with Crippen molar-refractivity contribution >= 4 is 21.6 Å². The van der Waals surface area contributed by atoms with Crippen LogP contribution in [0.2, 0.25) is 5.02 Å². The molecule has 0 bridgehead atoms. The van der Waals surface area contributed by atoms with Gasteiger partial charge in [0, 0.05) is 37.2 Å². The Labute approximate surface area is 148 Å². The smallest absolute Gasteiger partial charge is 0.243 e. The fraction of sp³-hybridized carbons (Fsp3) is 0.333. The van der Waals surface area contributed by atoms with E-state index in [4.69, 9.17) is 11.6 Å². The van der Waals surface area contributed by atoms with Gasteiger partial charge in [0.05, 0.1) is 4.90 Å². The van der Waals surface area contributed by atoms with Gasteiger partial charge in [0.1, 0.15) is 0 Å². The zero-order valence-corrected chi connectivity index (χ0v) is 15.2. The van der Waals surface area contributed by atoms with E-state index in [-0.39, 0.29) is 10.9 Å². The average Bonchev–Trinajstić information content (AvgIpc) is 2.62. The maximum absolute atomic E-state index is 12.7. The molecule has 6 heteroatoms. The summed E-state index contributed by atoms with van der Waals surface area (Å²) in [6.07, 6.45) is 0. The third-order valence-electron chi connectivity index (χ3n) is 4.54. The molecule has 1 atom stereocenters. The maximum Gasteiger partial charge on any atom is 0.243 e. The Kier molecular flexibility index (Phi) is 5.25. The molecular formula is C18H21ClN2O2S. The highest BCUT2D eigenvalue weighted by Gasteiger charge is 2.30. The van der Waals surface area contributed by atoms with Gasteiger partial charge in [-0.2, -0.15) is 4.31 Å². The normalized spacial score (nSPS) is 18.4. The van der Waals surface area contributed by atoms with E-state index in [1.165, 1.54) is 11.6 Å². The summed E-state index contributed by atoms with van der Waals surface area (Å²) in [5, 5.41) is 0.437. The second-order valence-corrected chi connectivity index (χ2v) is 8.36. The van der Waals surface area contributed by atoms with E-state index in [0.717, 1.165) is 13.1 Å². The van der Waals surface area contributed by atoms with Gasteiger partial charge in [-0.25, -0.2) is 8.42 Å². The van der Waals surface area contributed by atoms with E-state index in [9.17, 15) is 8.42 Å². The van der Waals surface area contributed by atoms with Crippen molar-refractivity contribution in [2.24, 2.45) is 0 Å². The molecule has 1 aliphatic rings. The summed E-state index contributed by atoms with van der Waals surface area (Å²) in [6, 6.07) is 17.0. The number of benzene rings is 2. The Morgan fingerprint density at radius 3 is 2.25 bits per heavy atom. The second-order valence-electron chi connectivity index (χ2n) is 5.98. The summed E-state index contributed by atoms with van der Waals surface area (Å²) in [5.74, 6) is 0. The van der Waals surface area contributed by atoms with E-state index in [1.54, 1.807) is 22.5 Å². The summed E-state index contributed by atoms with van der Waals surface area (Å²) in [4.78, 5) is 2.58. The lowest BCUT2D eigenvalue weighted by atomic mass is 10.1. The summed E-state index contributed by atoms with van der Waals surface area (Å²) in [7, 11) is -3.48. The van der Waals surface area contributed by atoms with E-state index < -0.39 is 10.0 Å². The van der Waals surface area contributed by atoms with E-state index >= 15 is 0 Å². The fourth-order valence-corrected chi connectivity index (χ4v) is 4.77. The van der Waals surface area contributed by atoms with Crippen molar-refractivity contribution in [2.45, 2.75) is 17.9 Å². The largest absolute Gasteiger partial charge is 0.294 e. The summed E-state index contributed by atoms with van der Waals surface area (Å²) in [6.45, 7) is 4.58. The molecule has 0 N–H and O–H groups in total. The number of piperazine rings is 1. The highest BCUT2D eigenvalue weighted by atomic mass is 35.5.